The largest absolute Gasteiger partial charge is 0.243 e. The Labute approximate surface area is 181 Å². The second-order valence-corrected chi connectivity index (χ2v) is 10.7. The predicted molar refractivity (Wildman–Crippen MR) is 122 cm³/mol. The molecule has 0 aromatic heterocycles. The van der Waals surface area contributed by atoms with E-state index in [1.165, 1.54) is 64.2 Å². The van der Waals surface area contributed by atoms with Crippen LogP contribution in [0.15, 0.2) is 35.2 Å². The summed E-state index contributed by atoms with van der Waals surface area (Å²) >= 11 is 1.03. The molecule has 0 radical (unpaired) electrons. The molecule has 1 aromatic carbocycles. The van der Waals surface area contributed by atoms with Crippen LogP contribution in [0.4, 0.5) is 8.78 Å². The predicted octanol–water partition coefficient (Wildman–Crippen LogP) is 9.00. The van der Waals surface area contributed by atoms with Gasteiger partial charge in [-0.3, -0.25) is 0 Å². The van der Waals surface area contributed by atoms with Gasteiger partial charge in [-0.1, -0.05) is 88.3 Å². The lowest BCUT2D eigenvalue weighted by Crippen LogP contribution is -2.27. The summed E-state index contributed by atoms with van der Waals surface area (Å²) in [6, 6.07) is 9.37. The van der Waals surface area contributed by atoms with Crippen molar-refractivity contribution in [2.24, 2.45) is 23.7 Å². The van der Waals surface area contributed by atoms with Gasteiger partial charge in [-0.15, -0.1) is 0 Å². The van der Waals surface area contributed by atoms with Gasteiger partial charge in [0.1, 0.15) is 6.17 Å². The van der Waals surface area contributed by atoms with Crippen LogP contribution in [0.5, 0.6) is 0 Å². The molecule has 2 atom stereocenters. The van der Waals surface area contributed by atoms with Gasteiger partial charge < -0.3 is 0 Å². The number of rotatable bonds is 10. The van der Waals surface area contributed by atoms with Gasteiger partial charge in [0.05, 0.1) is 0 Å². The first-order valence-corrected chi connectivity index (χ1v) is 13.0. The van der Waals surface area contributed by atoms with E-state index in [1.54, 1.807) is 0 Å². The van der Waals surface area contributed by atoms with Crippen molar-refractivity contribution in [2.45, 2.75) is 107 Å². The Kier molecular flexibility index (Phi) is 9.82. The van der Waals surface area contributed by atoms with E-state index < -0.39 is 11.7 Å². The minimum Gasteiger partial charge on any atom is -0.243 e. The summed E-state index contributed by atoms with van der Waals surface area (Å²) in [6.07, 6.45) is 15.0. The molecule has 164 valence electrons. The van der Waals surface area contributed by atoms with Gasteiger partial charge >= 0.3 is 0 Å². The number of alkyl halides is 2. The maximum Gasteiger partial charge on any atom is 0.181 e. The molecular formula is C26H40F2S. The molecule has 29 heavy (non-hydrogen) atoms. The van der Waals surface area contributed by atoms with Crippen molar-refractivity contribution < 1.29 is 8.78 Å². The standard InChI is InChI=1S/C26H40F2S/c1-2-3-5-8-20-11-15-22(16-12-20)23-17-13-21(14-18-23)19-25(27)26(28)29-24-9-6-4-7-10-24/h4,6-7,9-10,20-23,25-26H,2-3,5,8,11-19H2,1H3. The first kappa shape index (κ1) is 23.1. The highest BCUT2D eigenvalue weighted by Gasteiger charge is 2.33. The van der Waals surface area contributed by atoms with E-state index >= 15 is 0 Å². The van der Waals surface area contributed by atoms with Gasteiger partial charge in [0.2, 0.25) is 0 Å². The van der Waals surface area contributed by atoms with Gasteiger partial charge in [0.15, 0.2) is 5.50 Å². The topological polar surface area (TPSA) is 0 Å². The Morgan fingerprint density at radius 3 is 2.00 bits per heavy atom. The normalized spacial score (nSPS) is 30.0. The molecule has 2 aliphatic rings. The average Bonchev–Trinajstić information content (AvgIpc) is 2.76. The molecule has 0 spiro atoms. The number of benzene rings is 1. The monoisotopic (exact) mass is 422 g/mol. The minimum absolute atomic E-state index is 0.376. The fourth-order valence-corrected chi connectivity index (χ4v) is 6.49. The Morgan fingerprint density at radius 1 is 0.828 bits per heavy atom. The molecule has 2 unspecified atom stereocenters. The highest BCUT2D eigenvalue weighted by molar-refractivity contribution is 7.99. The van der Waals surface area contributed by atoms with Crippen LogP contribution >= 0.6 is 11.8 Å². The summed E-state index contributed by atoms with van der Waals surface area (Å²) in [4.78, 5) is 0.816. The summed E-state index contributed by atoms with van der Waals surface area (Å²) in [5.74, 6) is 3.11. The highest BCUT2D eigenvalue weighted by atomic mass is 32.2. The van der Waals surface area contributed by atoms with Crippen molar-refractivity contribution >= 4 is 11.8 Å². The molecule has 0 heterocycles. The fourth-order valence-electron chi connectivity index (χ4n) is 5.65. The Morgan fingerprint density at radius 2 is 1.41 bits per heavy atom. The zero-order chi connectivity index (χ0) is 20.5. The second-order valence-electron chi connectivity index (χ2n) is 9.59. The summed E-state index contributed by atoms with van der Waals surface area (Å²) in [6.45, 7) is 2.29. The molecule has 0 nitrogen and oxygen atoms in total. The lowest BCUT2D eigenvalue weighted by atomic mass is 9.68. The lowest BCUT2D eigenvalue weighted by molar-refractivity contribution is 0.120. The number of thioether (sulfide) groups is 1. The molecule has 2 saturated carbocycles. The van der Waals surface area contributed by atoms with E-state index in [1.807, 2.05) is 30.3 Å². The van der Waals surface area contributed by atoms with Crippen molar-refractivity contribution in [3.05, 3.63) is 30.3 Å². The van der Waals surface area contributed by atoms with E-state index in [9.17, 15) is 8.78 Å². The van der Waals surface area contributed by atoms with Gasteiger partial charge in [-0.25, -0.2) is 8.78 Å². The van der Waals surface area contributed by atoms with Crippen molar-refractivity contribution in [2.75, 3.05) is 0 Å². The minimum atomic E-state index is -1.45. The van der Waals surface area contributed by atoms with Crippen molar-refractivity contribution in [3.8, 4) is 0 Å². The Balaban J connectivity index is 1.33. The summed E-state index contributed by atoms with van der Waals surface area (Å²) in [7, 11) is 0. The van der Waals surface area contributed by atoms with Gasteiger partial charge in [0, 0.05) is 4.90 Å². The quantitative estimate of drug-likeness (QED) is 0.268. The van der Waals surface area contributed by atoms with Crippen LogP contribution in [0.3, 0.4) is 0 Å². The first-order valence-electron chi connectivity index (χ1n) is 12.2. The van der Waals surface area contributed by atoms with Gasteiger partial charge in [-0.05, 0) is 67.9 Å². The van der Waals surface area contributed by atoms with Crippen LogP contribution in [-0.4, -0.2) is 11.7 Å². The van der Waals surface area contributed by atoms with Crippen LogP contribution < -0.4 is 0 Å². The van der Waals surface area contributed by atoms with Crippen LogP contribution in [0.25, 0.3) is 0 Å². The van der Waals surface area contributed by atoms with Crippen LogP contribution in [-0.2, 0) is 0 Å². The van der Waals surface area contributed by atoms with Gasteiger partial charge in [0.25, 0.3) is 0 Å². The summed E-state index contributed by atoms with van der Waals surface area (Å²) < 4.78 is 28.8. The molecule has 3 rings (SSSR count). The summed E-state index contributed by atoms with van der Waals surface area (Å²) in [5, 5.41) is 0. The third-order valence-electron chi connectivity index (χ3n) is 7.50. The molecule has 2 aliphatic carbocycles. The first-order chi connectivity index (χ1) is 14.2. The SMILES string of the molecule is CCCCCC1CCC(C2CCC(CC(F)C(F)Sc3ccccc3)CC2)CC1. The fraction of sp³-hybridized carbons (Fsp3) is 0.769. The third-order valence-corrected chi connectivity index (χ3v) is 8.56. The van der Waals surface area contributed by atoms with E-state index in [4.69, 9.17) is 0 Å². The molecule has 0 aliphatic heterocycles. The maximum atomic E-state index is 14.5. The van der Waals surface area contributed by atoms with Gasteiger partial charge in [-0.2, -0.15) is 0 Å². The number of unbranched alkanes of at least 4 members (excludes halogenated alkanes) is 2. The van der Waals surface area contributed by atoms with Crippen molar-refractivity contribution in [1.29, 1.82) is 0 Å². The Bertz CT molecular complexity index is 547. The smallest absolute Gasteiger partial charge is 0.181 e. The number of hydrogen-bond acceptors (Lipinski definition) is 1. The number of halogens is 2. The molecule has 2 fully saturated rings. The molecule has 0 bridgehead atoms. The molecule has 1 aromatic rings. The molecule has 0 N–H and O–H groups in total. The van der Waals surface area contributed by atoms with Crippen molar-refractivity contribution in [1.82, 2.24) is 0 Å². The van der Waals surface area contributed by atoms with E-state index in [0.29, 0.717) is 12.3 Å². The van der Waals surface area contributed by atoms with E-state index in [0.717, 1.165) is 47.3 Å². The highest BCUT2D eigenvalue weighted by Crippen LogP contribution is 2.43. The molecule has 0 saturated heterocycles. The molecular weight excluding hydrogens is 382 g/mol. The third kappa shape index (κ3) is 7.56. The molecule has 3 heteroatoms. The zero-order valence-electron chi connectivity index (χ0n) is 18.2. The second kappa shape index (κ2) is 12.3. The van der Waals surface area contributed by atoms with Crippen LogP contribution in [0, 0.1) is 23.7 Å². The van der Waals surface area contributed by atoms with E-state index in [2.05, 4.69) is 6.92 Å². The van der Waals surface area contributed by atoms with Crippen LogP contribution in [0.1, 0.15) is 90.4 Å². The van der Waals surface area contributed by atoms with Crippen LogP contribution in [0.2, 0.25) is 0 Å². The average molecular weight is 423 g/mol. The number of hydrogen-bond donors (Lipinski definition) is 0. The maximum absolute atomic E-state index is 14.5. The zero-order valence-corrected chi connectivity index (χ0v) is 19.0. The summed E-state index contributed by atoms with van der Waals surface area (Å²) in [5.41, 5.74) is -1.45. The lowest BCUT2D eigenvalue weighted by Gasteiger charge is -2.38. The van der Waals surface area contributed by atoms with Crippen molar-refractivity contribution in [3.63, 3.8) is 0 Å². The Hall–Kier alpha value is -0.570. The van der Waals surface area contributed by atoms with E-state index in [-0.39, 0.29) is 0 Å². The molecule has 0 amide bonds.